The van der Waals surface area contributed by atoms with Gasteiger partial charge in [0, 0.05) is 42.2 Å². The van der Waals surface area contributed by atoms with Crippen molar-refractivity contribution in [1.29, 1.82) is 0 Å². The number of aromatic nitrogens is 2. The normalized spacial score (nSPS) is 15.2. The van der Waals surface area contributed by atoms with Gasteiger partial charge in [-0.15, -0.1) is 6.42 Å². The van der Waals surface area contributed by atoms with Gasteiger partial charge in [0.2, 0.25) is 5.91 Å². The second-order valence-electron chi connectivity index (χ2n) is 8.66. The molecule has 1 aliphatic rings. The fourth-order valence-corrected chi connectivity index (χ4v) is 4.03. The lowest BCUT2D eigenvalue weighted by Gasteiger charge is -2.18. The molecule has 8 nitrogen and oxygen atoms in total. The number of terminal acetylenes is 1. The minimum absolute atomic E-state index is 0.162. The zero-order valence-electron chi connectivity index (χ0n) is 21.3. The first-order valence-corrected chi connectivity index (χ1v) is 12.4. The molecule has 3 aromatic rings. The SMILES string of the molecule is C#Cc1cc(Nc2ncnc3cc(O[C@H]4CCOC4)c(NC(=O)/C=C/CN(CC)CC)cc23)cc(F)c1F. The molecule has 2 aromatic carbocycles. The van der Waals surface area contributed by atoms with Crippen molar-refractivity contribution in [3.63, 3.8) is 0 Å². The van der Waals surface area contributed by atoms with Crippen molar-refractivity contribution >= 4 is 34.0 Å². The fourth-order valence-electron chi connectivity index (χ4n) is 4.03. The van der Waals surface area contributed by atoms with Crippen LogP contribution in [0.4, 0.5) is 26.0 Å². The third kappa shape index (κ3) is 6.43. The summed E-state index contributed by atoms with van der Waals surface area (Å²) in [6.07, 6.45) is 10.5. The number of nitrogens with zero attached hydrogens (tertiary/aromatic N) is 3. The van der Waals surface area contributed by atoms with Crippen LogP contribution in [-0.2, 0) is 9.53 Å². The Bertz CT molecular complexity index is 1380. The third-order valence-electron chi connectivity index (χ3n) is 6.15. The summed E-state index contributed by atoms with van der Waals surface area (Å²) in [5.74, 6) is 0.377. The minimum atomic E-state index is -1.10. The van der Waals surface area contributed by atoms with Crippen LogP contribution in [0.1, 0.15) is 25.8 Å². The van der Waals surface area contributed by atoms with Gasteiger partial charge < -0.3 is 25.0 Å². The van der Waals surface area contributed by atoms with E-state index in [1.165, 1.54) is 18.5 Å². The Balaban J connectivity index is 1.67. The molecule has 2 heterocycles. The Morgan fingerprint density at radius 3 is 2.79 bits per heavy atom. The molecule has 0 saturated carbocycles. The highest BCUT2D eigenvalue weighted by Gasteiger charge is 2.21. The maximum atomic E-state index is 14.1. The number of nitrogens with one attached hydrogen (secondary N) is 2. The second kappa shape index (κ2) is 12.4. The number of ether oxygens (including phenoxy) is 2. The smallest absolute Gasteiger partial charge is 0.248 e. The molecule has 0 radical (unpaired) electrons. The first-order chi connectivity index (χ1) is 18.4. The zero-order chi connectivity index (χ0) is 27.1. The van der Waals surface area contributed by atoms with Gasteiger partial charge in [-0.25, -0.2) is 18.7 Å². The molecule has 1 fully saturated rings. The van der Waals surface area contributed by atoms with Gasteiger partial charge >= 0.3 is 0 Å². The molecule has 1 atom stereocenters. The number of hydrogen-bond donors (Lipinski definition) is 2. The Kier molecular flexibility index (Phi) is 8.84. The van der Waals surface area contributed by atoms with Crippen molar-refractivity contribution in [2.75, 3.05) is 43.5 Å². The molecular formula is C28H29F2N5O3. The van der Waals surface area contributed by atoms with Crippen molar-refractivity contribution < 1.29 is 23.0 Å². The summed E-state index contributed by atoms with van der Waals surface area (Å²) in [6.45, 7) is 7.57. The predicted octanol–water partition coefficient (Wildman–Crippen LogP) is 4.64. The van der Waals surface area contributed by atoms with E-state index >= 15 is 0 Å². The lowest BCUT2D eigenvalue weighted by molar-refractivity contribution is -0.111. The van der Waals surface area contributed by atoms with Crippen LogP contribution in [0.25, 0.3) is 10.9 Å². The molecule has 1 amide bonds. The molecule has 0 bridgehead atoms. The summed E-state index contributed by atoms with van der Waals surface area (Å²) in [4.78, 5) is 23.5. The van der Waals surface area contributed by atoms with Crippen LogP contribution >= 0.6 is 0 Å². The Morgan fingerprint density at radius 2 is 2.08 bits per heavy atom. The molecule has 10 heteroatoms. The maximum Gasteiger partial charge on any atom is 0.248 e. The van der Waals surface area contributed by atoms with Crippen LogP contribution in [0.5, 0.6) is 5.75 Å². The number of amides is 1. The molecule has 38 heavy (non-hydrogen) atoms. The van der Waals surface area contributed by atoms with Crippen molar-refractivity contribution in [3.8, 4) is 18.1 Å². The van der Waals surface area contributed by atoms with Crippen LogP contribution < -0.4 is 15.4 Å². The van der Waals surface area contributed by atoms with Gasteiger partial charge in [-0.2, -0.15) is 0 Å². The van der Waals surface area contributed by atoms with Crippen molar-refractivity contribution in [1.82, 2.24) is 14.9 Å². The van der Waals surface area contributed by atoms with Gasteiger partial charge in [-0.3, -0.25) is 4.79 Å². The topological polar surface area (TPSA) is 88.6 Å². The molecule has 0 unspecified atom stereocenters. The fraction of sp³-hybridized carbons (Fsp3) is 0.321. The first kappa shape index (κ1) is 27.0. The highest BCUT2D eigenvalue weighted by molar-refractivity contribution is 6.03. The predicted molar refractivity (Wildman–Crippen MR) is 143 cm³/mol. The summed E-state index contributed by atoms with van der Waals surface area (Å²) in [7, 11) is 0. The van der Waals surface area contributed by atoms with Crippen molar-refractivity contribution in [2.24, 2.45) is 0 Å². The molecule has 0 aliphatic carbocycles. The van der Waals surface area contributed by atoms with Crippen LogP contribution in [-0.4, -0.2) is 59.7 Å². The highest BCUT2D eigenvalue weighted by Crippen LogP contribution is 2.35. The standard InChI is InChI=1S/C28H29F2N5O3/c1-4-18-12-19(13-22(29)27(18)30)33-28-21-14-24(34-26(36)8-7-10-35(5-2)6-3)25(15-23(21)31-17-32-28)38-20-9-11-37-16-20/h1,7-8,12-15,17,20H,5-6,9-11,16H2,2-3H3,(H,34,36)(H,31,32,33)/b8-7+/t20-/m0/s1. The third-order valence-corrected chi connectivity index (χ3v) is 6.15. The molecule has 2 N–H and O–H groups in total. The summed E-state index contributed by atoms with van der Waals surface area (Å²) in [6, 6.07) is 5.69. The van der Waals surface area contributed by atoms with Gasteiger partial charge in [-0.1, -0.05) is 25.8 Å². The number of likely N-dealkylation sites (N-methyl/N-ethyl adjacent to an activating group) is 1. The first-order valence-electron chi connectivity index (χ1n) is 12.4. The Hall–Kier alpha value is -4.07. The summed E-state index contributed by atoms with van der Waals surface area (Å²) < 4.78 is 39.5. The highest BCUT2D eigenvalue weighted by atomic mass is 19.2. The van der Waals surface area contributed by atoms with E-state index in [0.717, 1.165) is 25.6 Å². The monoisotopic (exact) mass is 521 g/mol. The average molecular weight is 522 g/mol. The van der Waals surface area contributed by atoms with Crippen LogP contribution in [0.2, 0.25) is 0 Å². The van der Waals surface area contributed by atoms with Crippen molar-refractivity contribution in [2.45, 2.75) is 26.4 Å². The number of anilines is 3. The maximum absolute atomic E-state index is 14.1. The number of benzene rings is 2. The summed E-state index contributed by atoms with van der Waals surface area (Å²) in [5, 5.41) is 6.38. The van der Waals surface area contributed by atoms with Gasteiger partial charge in [0.25, 0.3) is 0 Å². The Labute approximate surface area is 220 Å². The number of halogens is 2. The lowest BCUT2D eigenvalue weighted by atomic mass is 10.1. The van der Waals surface area contributed by atoms with E-state index in [2.05, 4.69) is 45.3 Å². The largest absolute Gasteiger partial charge is 0.486 e. The average Bonchev–Trinajstić information content (AvgIpc) is 3.42. The minimum Gasteiger partial charge on any atom is -0.486 e. The van der Waals surface area contributed by atoms with Crippen molar-refractivity contribution in [3.05, 3.63) is 59.9 Å². The molecular weight excluding hydrogens is 492 g/mol. The van der Waals surface area contributed by atoms with Gasteiger partial charge in [0.15, 0.2) is 11.6 Å². The summed E-state index contributed by atoms with van der Waals surface area (Å²) >= 11 is 0. The lowest BCUT2D eigenvalue weighted by Crippen LogP contribution is -2.23. The van der Waals surface area contributed by atoms with E-state index in [-0.39, 0.29) is 23.3 Å². The van der Waals surface area contributed by atoms with E-state index in [4.69, 9.17) is 15.9 Å². The van der Waals surface area contributed by atoms with E-state index in [9.17, 15) is 13.6 Å². The van der Waals surface area contributed by atoms with Gasteiger partial charge in [0.1, 0.15) is 24.0 Å². The van der Waals surface area contributed by atoms with E-state index in [1.54, 1.807) is 18.2 Å². The molecule has 1 saturated heterocycles. The van der Waals surface area contributed by atoms with E-state index in [0.29, 0.717) is 47.9 Å². The van der Waals surface area contributed by atoms with Crippen LogP contribution in [0.3, 0.4) is 0 Å². The van der Waals surface area contributed by atoms with E-state index < -0.39 is 11.6 Å². The summed E-state index contributed by atoms with van der Waals surface area (Å²) in [5.41, 5.74) is 0.926. The van der Waals surface area contributed by atoms with Gasteiger partial charge in [-0.05, 0) is 25.2 Å². The Morgan fingerprint density at radius 1 is 1.26 bits per heavy atom. The second-order valence-corrected chi connectivity index (χ2v) is 8.66. The molecule has 1 aliphatic heterocycles. The van der Waals surface area contributed by atoms with E-state index in [1.807, 2.05) is 0 Å². The zero-order valence-corrected chi connectivity index (χ0v) is 21.3. The molecule has 198 valence electrons. The number of rotatable bonds is 10. The van der Waals surface area contributed by atoms with Crippen LogP contribution in [0, 0.1) is 24.0 Å². The van der Waals surface area contributed by atoms with Gasteiger partial charge in [0.05, 0.1) is 30.0 Å². The quantitative estimate of drug-likeness (QED) is 0.297. The molecule has 4 rings (SSSR count). The van der Waals surface area contributed by atoms with Crippen LogP contribution in [0.15, 0.2) is 42.7 Å². The number of fused-ring (bicyclic) bond motifs is 1. The molecule has 0 spiro atoms. The molecule has 1 aromatic heterocycles. The number of carbonyl (C=O) groups is 1. The number of carbonyl (C=O) groups excluding carboxylic acids is 1. The number of hydrogen-bond acceptors (Lipinski definition) is 7.